The average molecular weight is 346 g/mol. The number of ether oxygens (including phenoxy) is 2. The van der Waals surface area contributed by atoms with Crippen LogP contribution in [0.3, 0.4) is 0 Å². The minimum Gasteiger partial charge on any atom is -0.493 e. The number of nitrogens with one attached hydrogen (secondary N) is 1. The number of imidazole rings is 1. The number of amides is 2. The maximum absolute atomic E-state index is 12.7. The molecule has 1 N–H and O–H groups in total. The predicted molar refractivity (Wildman–Crippen MR) is 96.0 cm³/mol. The van der Waals surface area contributed by atoms with Gasteiger partial charge in [-0.05, 0) is 19.9 Å². The molecule has 0 unspecified atom stereocenters. The summed E-state index contributed by atoms with van der Waals surface area (Å²) >= 11 is 0. The van der Waals surface area contributed by atoms with Gasteiger partial charge in [0.2, 0.25) is 0 Å². The van der Waals surface area contributed by atoms with Crippen LogP contribution in [0.1, 0.15) is 31.3 Å². The lowest BCUT2D eigenvalue weighted by atomic mass is 10.0. The Kier molecular flexibility index (Phi) is 6.27. The number of rotatable bonds is 7. The zero-order chi connectivity index (χ0) is 18.4. The number of methoxy groups -OCH3 is 2. The third-order valence-corrected chi connectivity index (χ3v) is 4.18. The number of aromatic nitrogens is 2. The lowest BCUT2D eigenvalue weighted by Gasteiger charge is -2.26. The van der Waals surface area contributed by atoms with E-state index in [1.54, 1.807) is 25.3 Å². The first-order valence-electron chi connectivity index (χ1n) is 8.30. The lowest BCUT2D eigenvalue weighted by molar-refractivity contribution is 0.200. The van der Waals surface area contributed by atoms with Crippen molar-refractivity contribution in [3.63, 3.8) is 0 Å². The average Bonchev–Trinajstić information content (AvgIpc) is 3.05. The minimum absolute atomic E-state index is 0.150. The summed E-state index contributed by atoms with van der Waals surface area (Å²) < 4.78 is 12.8. The molecule has 1 aromatic carbocycles. The van der Waals surface area contributed by atoms with Crippen LogP contribution in [0.15, 0.2) is 30.6 Å². The fourth-order valence-electron chi connectivity index (χ4n) is 2.80. The monoisotopic (exact) mass is 346 g/mol. The van der Waals surface area contributed by atoms with Crippen LogP contribution in [0.4, 0.5) is 4.79 Å². The topological polar surface area (TPSA) is 68.6 Å². The second kappa shape index (κ2) is 8.41. The molecule has 1 aromatic heterocycles. The van der Waals surface area contributed by atoms with Gasteiger partial charge < -0.3 is 24.3 Å². The van der Waals surface area contributed by atoms with E-state index in [-0.39, 0.29) is 6.03 Å². The van der Waals surface area contributed by atoms with E-state index in [9.17, 15) is 4.79 Å². The Balaban J connectivity index is 2.50. The Hall–Kier alpha value is -2.70. The Morgan fingerprint density at radius 3 is 2.52 bits per heavy atom. The zero-order valence-electron chi connectivity index (χ0n) is 15.4. The second-order valence-electron chi connectivity index (χ2n) is 5.53. The number of nitrogens with zero attached hydrogens (tertiary/aromatic N) is 3. The SMILES string of the molecule is CCN(CC)C(=O)N[C@@H](c1cccc(OC)c1OC)c1nccn1C. The van der Waals surface area contributed by atoms with Crippen molar-refractivity contribution in [2.45, 2.75) is 19.9 Å². The molecule has 7 heteroatoms. The van der Waals surface area contributed by atoms with Crippen molar-refractivity contribution in [1.29, 1.82) is 0 Å². The van der Waals surface area contributed by atoms with E-state index in [0.717, 1.165) is 5.56 Å². The zero-order valence-corrected chi connectivity index (χ0v) is 15.4. The second-order valence-corrected chi connectivity index (χ2v) is 5.53. The number of para-hydroxylation sites is 1. The van der Waals surface area contributed by atoms with E-state index in [4.69, 9.17) is 9.47 Å². The molecule has 0 radical (unpaired) electrons. The highest BCUT2D eigenvalue weighted by Crippen LogP contribution is 2.36. The van der Waals surface area contributed by atoms with Crippen LogP contribution < -0.4 is 14.8 Å². The van der Waals surface area contributed by atoms with Gasteiger partial charge >= 0.3 is 6.03 Å². The van der Waals surface area contributed by atoms with Gasteiger partial charge in [0.1, 0.15) is 11.9 Å². The molecule has 0 aliphatic rings. The minimum atomic E-state index is -0.460. The molecule has 2 aromatic rings. The van der Waals surface area contributed by atoms with Crippen molar-refractivity contribution >= 4 is 6.03 Å². The molecule has 0 aliphatic carbocycles. The molecule has 136 valence electrons. The first kappa shape index (κ1) is 18.6. The van der Waals surface area contributed by atoms with Gasteiger partial charge in [-0.15, -0.1) is 0 Å². The number of carbonyl (C=O) groups is 1. The first-order valence-corrected chi connectivity index (χ1v) is 8.30. The Labute approximate surface area is 148 Å². The molecule has 1 heterocycles. The highest BCUT2D eigenvalue weighted by atomic mass is 16.5. The molecule has 0 bridgehead atoms. The molecule has 2 amide bonds. The van der Waals surface area contributed by atoms with Crippen molar-refractivity contribution in [1.82, 2.24) is 19.8 Å². The van der Waals surface area contributed by atoms with Crippen LogP contribution in [0.25, 0.3) is 0 Å². The van der Waals surface area contributed by atoms with E-state index in [1.165, 1.54) is 0 Å². The summed E-state index contributed by atoms with van der Waals surface area (Å²) in [6, 6.07) is 4.99. The standard InChI is InChI=1S/C18H26N4O3/c1-6-22(7-2)18(23)20-15(17-19-11-12-21(17)3)13-9-8-10-14(24-4)16(13)25-5/h8-12,15H,6-7H2,1-5H3,(H,20,23)/t15-/m0/s1. The van der Waals surface area contributed by atoms with Crippen LogP contribution >= 0.6 is 0 Å². The molecule has 25 heavy (non-hydrogen) atoms. The smallest absolute Gasteiger partial charge is 0.318 e. The van der Waals surface area contributed by atoms with E-state index in [1.807, 2.05) is 49.9 Å². The Morgan fingerprint density at radius 1 is 1.28 bits per heavy atom. The van der Waals surface area contributed by atoms with E-state index < -0.39 is 6.04 Å². The molecule has 0 saturated carbocycles. The number of aryl methyl sites for hydroxylation is 1. The van der Waals surface area contributed by atoms with Gasteiger partial charge in [0.15, 0.2) is 11.5 Å². The summed E-state index contributed by atoms with van der Waals surface area (Å²) in [5, 5.41) is 3.07. The number of carbonyl (C=O) groups excluding carboxylic acids is 1. The molecule has 0 spiro atoms. The molecule has 2 rings (SSSR count). The van der Waals surface area contributed by atoms with Gasteiger partial charge in [-0.3, -0.25) is 0 Å². The maximum Gasteiger partial charge on any atom is 0.318 e. The molecule has 0 aliphatic heterocycles. The van der Waals surface area contributed by atoms with Crippen molar-refractivity contribution in [2.75, 3.05) is 27.3 Å². The summed E-state index contributed by atoms with van der Waals surface area (Å²) in [4.78, 5) is 18.8. The van der Waals surface area contributed by atoms with Crippen molar-refractivity contribution in [3.05, 3.63) is 42.0 Å². The first-order chi connectivity index (χ1) is 12.1. The van der Waals surface area contributed by atoms with Gasteiger partial charge in [-0.2, -0.15) is 0 Å². The number of urea groups is 1. The Morgan fingerprint density at radius 2 is 2.00 bits per heavy atom. The normalized spacial score (nSPS) is 11.7. The summed E-state index contributed by atoms with van der Waals surface area (Å²) in [5.74, 6) is 1.90. The van der Waals surface area contributed by atoms with Crippen molar-refractivity contribution < 1.29 is 14.3 Å². The van der Waals surface area contributed by atoms with E-state index in [0.29, 0.717) is 30.4 Å². The van der Waals surface area contributed by atoms with Gasteiger partial charge in [-0.1, -0.05) is 12.1 Å². The number of benzene rings is 1. The summed E-state index contributed by atoms with van der Waals surface area (Å²) in [7, 11) is 5.07. The van der Waals surface area contributed by atoms with Crippen LogP contribution in [0.2, 0.25) is 0 Å². The highest BCUT2D eigenvalue weighted by Gasteiger charge is 2.27. The van der Waals surface area contributed by atoms with Crippen molar-refractivity contribution in [2.24, 2.45) is 7.05 Å². The van der Waals surface area contributed by atoms with Crippen LogP contribution in [-0.4, -0.2) is 47.8 Å². The summed E-state index contributed by atoms with van der Waals surface area (Å²) in [6.07, 6.45) is 3.55. The van der Waals surface area contributed by atoms with E-state index >= 15 is 0 Å². The fourth-order valence-corrected chi connectivity index (χ4v) is 2.80. The fraction of sp³-hybridized carbons (Fsp3) is 0.444. The lowest BCUT2D eigenvalue weighted by Crippen LogP contribution is -2.42. The molecule has 0 saturated heterocycles. The van der Waals surface area contributed by atoms with Gasteiger partial charge in [0, 0.05) is 38.1 Å². The van der Waals surface area contributed by atoms with Crippen molar-refractivity contribution in [3.8, 4) is 11.5 Å². The van der Waals surface area contributed by atoms with Gasteiger partial charge in [0.05, 0.1) is 14.2 Å². The van der Waals surface area contributed by atoms with Crippen LogP contribution in [-0.2, 0) is 7.05 Å². The summed E-state index contributed by atoms with van der Waals surface area (Å²) in [6.45, 7) is 5.16. The predicted octanol–water partition coefficient (Wildman–Crippen LogP) is 2.58. The summed E-state index contributed by atoms with van der Waals surface area (Å²) in [5.41, 5.74) is 0.789. The third-order valence-electron chi connectivity index (χ3n) is 4.18. The quantitative estimate of drug-likeness (QED) is 0.837. The maximum atomic E-state index is 12.7. The molecule has 7 nitrogen and oxygen atoms in total. The number of hydrogen-bond donors (Lipinski definition) is 1. The number of hydrogen-bond acceptors (Lipinski definition) is 4. The van der Waals surface area contributed by atoms with Crippen LogP contribution in [0, 0.1) is 0 Å². The van der Waals surface area contributed by atoms with Crippen LogP contribution in [0.5, 0.6) is 11.5 Å². The highest BCUT2D eigenvalue weighted by molar-refractivity contribution is 5.75. The molecular formula is C18H26N4O3. The molecule has 0 fully saturated rings. The van der Waals surface area contributed by atoms with Gasteiger partial charge in [-0.25, -0.2) is 9.78 Å². The molecular weight excluding hydrogens is 320 g/mol. The largest absolute Gasteiger partial charge is 0.493 e. The third kappa shape index (κ3) is 3.87. The van der Waals surface area contributed by atoms with Gasteiger partial charge in [0.25, 0.3) is 0 Å². The molecule has 1 atom stereocenters. The van der Waals surface area contributed by atoms with E-state index in [2.05, 4.69) is 10.3 Å². The Bertz CT molecular complexity index is 710.